The number of halogens is 3. The standard InChI is InChI=1S/C32H28F3N3O4/c1-4-37(24-11-7-6-8-12-24)29(39)28-27(22-16-14-21(19-36)15-17-22)26(31(41)42-5-2)20(3)38(30(28)40)25-13-9-10-23(18-25)32(33,34)35/h6-18,27-28H,4-5H2,1-3H3. The van der Waals surface area contributed by atoms with Gasteiger partial charge in [-0.3, -0.25) is 14.5 Å². The predicted octanol–water partition coefficient (Wildman–Crippen LogP) is 6.21. The van der Waals surface area contributed by atoms with Crippen molar-refractivity contribution in [2.24, 2.45) is 5.92 Å². The van der Waals surface area contributed by atoms with Gasteiger partial charge in [-0.1, -0.05) is 36.4 Å². The molecule has 0 saturated heterocycles. The zero-order valence-electron chi connectivity index (χ0n) is 23.2. The number of esters is 1. The Bertz CT molecular complexity index is 1560. The van der Waals surface area contributed by atoms with Crippen LogP contribution in [0.3, 0.4) is 0 Å². The van der Waals surface area contributed by atoms with E-state index in [1.807, 2.05) is 6.07 Å². The van der Waals surface area contributed by atoms with Gasteiger partial charge in [-0.05, 0) is 68.8 Å². The Hall–Kier alpha value is -4.91. The molecule has 4 rings (SSSR count). The second-order valence-corrected chi connectivity index (χ2v) is 9.55. The van der Waals surface area contributed by atoms with E-state index < -0.39 is 41.4 Å². The normalized spacial score (nSPS) is 17.1. The maximum Gasteiger partial charge on any atom is 0.416 e. The minimum Gasteiger partial charge on any atom is -0.463 e. The van der Waals surface area contributed by atoms with Gasteiger partial charge in [0.15, 0.2) is 0 Å². The van der Waals surface area contributed by atoms with Crippen LogP contribution in [0.25, 0.3) is 0 Å². The van der Waals surface area contributed by atoms with Gasteiger partial charge in [-0.25, -0.2) is 4.79 Å². The van der Waals surface area contributed by atoms with Crippen molar-refractivity contribution in [2.75, 3.05) is 23.0 Å². The maximum atomic E-state index is 14.4. The number of hydrogen-bond acceptors (Lipinski definition) is 5. The molecule has 0 spiro atoms. The first kappa shape index (κ1) is 30.1. The fourth-order valence-electron chi connectivity index (χ4n) is 5.20. The highest BCUT2D eigenvalue weighted by molar-refractivity contribution is 6.17. The summed E-state index contributed by atoms with van der Waals surface area (Å²) in [5, 5.41) is 9.31. The number of alkyl halides is 3. The molecule has 1 aliphatic heterocycles. The number of ether oxygens (including phenoxy) is 1. The number of anilines is 2. The van der Waals surface area contributed by atoms with Crippen molar-refractivity contribution < 1.29 is 32.3 Å². The van der Waals surface area contributed by atoms with Gasteiger partial charge in [0.05, 0.1) is 29.4 Å². The number of allylic oxidation sites excluding steroid dienone is 1. The summed E-state index contributed by atoms with van der Waals surface area (Å²) < 4.78 is 46.3. The van der Waals surface area contributed by atoms with Crippen LogP contribution in [0.5, 0.6) is 0 Å². The summed E-state index contributed by atoms with van der Waals surface area (Å²) in [7, 11) is 0. The number of para-hydroxylation sites is 1. The summed E-state index contributed by atoms with van der Waals surface area (Å²) in [5.41, 5.74) is 0.0943. The number of nitrogens with zero attached hydrogens (tertiary/aromatic N) is 3. The lowest BCUT2D eigenvalue weighted by Crippen LogP contribution is -2.52. The molecule has 42 heavy (non-hydrogen) atoms. The first-order chi connectivity index (χ1) is 20.0. The van der Waals surface area contributed by atoms with E-state index in [-0.39, 0.29) is 30.1 Å². The Morgan fingerprint density at radius 2 is 1.67 bits per heavy atom. The molecular formula is C32H28F3N3O4. The van der Waals surface area contributed by atoms with E-state index >= 15 is 0 Å². The molecule has 2 unspecified atom stereocenters. The molecule has 0 radical (unpaired) electrons. The molecule has 216 valence electrons. The quantitative estimate of drug-likeness (QED) is 0.247. The highest BCUT2D eigenvalue weighted by Gasteiger charge is 2.50. The highest BCUT2D eigenvalue weighted by Crippen LogP contribution is 2.44. The average Bonchev–Trinajstić information content (AvgIpc) is 2.97. The summed E-state index contributed by atoms with van der Waals surface area (Å²) in [4.78, 5) is 44.6. The molecule has 0 aliphatic carbocycles. The summed E-state index contributed by atoms with van der Waals surface area (Å²) in [6.07, 6.45) is -4.69. The molecule has 0 fully saturated rings. The maximum absolute atomic E-state index is 14.4. The average molecular weight is 576 g/mol. The minimum atomic E-state index is -4.69. The van der Waals surface area contributed by atoms with Gasteiger partial charge >= 0.3 is 12.1 Å². The van der Waals surface area contributed by atoms with Crippen LogP contribution >= 0.6 is 0 Å². The number of hydrogen-bond donors (Lipinski definition) is 0. The van der Waals surface area contributed by atoms with Crippen LogP contribution in [0.2, 0.25) is 0 Å². The van der Waals surface area contributed by atoms with E-state index in [9.17, 15) is 32.8 Å². The zero-order chi connectivity index (χ0) is 30.6. The molecule has 2 atom stereocenters. The van der Waals surface area contributed by atoms with Crippen molar-refractivity contribution in [3.63, 3.8) is 0 Å². The third-order valence-electron chi connectivity index (χ3n) is 7.10. The van der Waals surface area contributed by atoms with Crippen LogP contribution in [0.15, 0.2) is 90.1 Å². The van der Waals surface area contributed by atoms with E-state index in [0.29, 0.717) is 16.8 Å². The van der Waals surface area contributed by atoms with Gasteiger partial charge in [0, 0.05) is 29.5 Å². The van der Waals surface area contributed by atoms with Crippen molar-refractivity contribution >= 4 is 29.2 Å². The van der Waals surface area contributed by atoms with Crippen molar-refractivity contribution in [3.05, 3.63) is 107 Å². The first-order valence-corrected chi connectivity index (χ1v) is 13.3. The van der Waals surface area contributed by atoms with Crippen LogP contribution in [0, 0.1) is 17.2 Å². The lowest BCUT2D eigenvalue weighted by molar-refractivity contribution is -0.140. The van der Waals surface area contributed by atoms with Crippen LogP contribution in [0.4, 0.5) is 24.5 Å². The van der Waals surface area contributed by atoms with E-state index in [4.69, 9.17) is 4.74 Å². The zero-order valence-corrected chi connectivity index (χ0v) is 23.2. The molecular weight excluding hydrogens is 547 g/mol. The van der Waals surface area contributed by atoms with E-state index in [2.05, 4.69) is 0 Å². The van der Waals surface area contributed by atoms with Gasteiger partial charge in [0.25, 0.3) is 0 Å². The largest absolute Gasteiger partial charge is 0.463 e. The van der Waals surface area contributed by atoms with E-state index in [1.165, 1.54) is 30.0 Å². The number of amides is 2. The van der Waals surface area contributed by atoms with Crippen molar-refractivity contribution in [1.29, 1.82) is 5.26 Å². The number of carbonyl (C=O) groups is 3. The molecule has 10 heteroatoms. The summed E-state index contributed by atoms with van der Waals surface area (Å²) in [5.74, 6) is -4.94. The third kappa shape index (κ3) is 5.77. The molecule has 3 aromatic carbocycles. The van der Waals surface area contributed by atoms with Crippen LogP contribution in [-0.4, -0.2) is 30.9 Å². The van der Waals surface area contributed by atoms with E-state index in [1.54, 1.807) is 56.3 Å². The van der Waals surface area contributed by atoms with Crippen molar-refractivity contribution in [1.82, 2.24) is 0 Å². The number of carbonyl (C=O) groups excluding carboxylic acids is 3. The second kappa shape index (κ2) is 12.3. The molecule has 0 aromatic heterocycles. The van der Waals surface area contributed by atoms with Crippen molar-refractivity contribution in [2.45, 2.75) is 32.9 Å². The van der Waals surface area contributed by atoms with Gasteiger partial charge in [0.2, 0.25) is 11.8 Å². The first-order valence-electron chi connectivity index (χ1n) is 13.3. The molecule has 0 bridgehead atoms. The fourth-order valence-corrected chi connectivity index (χ4v) is 5.20. The lowest BCUT2D eigenvalue weighted by Gasteiger charge is -2.40. The molecule has 7 nitrogen and oxygen atoms in total. The molecule has 0 saturated carbocycles. The smallest absolute Gasteiger partial charge is 0.416 e. The Morgan fingerprint density at radius 1 is 1.00 bits per heavy atom. The van der Waals surface area contributed by atoms with E-state index in [0.717, 1.165) is 23.1 Å². The molecule has 2 amide bonds. The predicted molar refractivity (Wildman–Crippen MR) is 150 cm³/mol. The highest BCUT2D eigenvalue weighted by atomic mass is 19.4. The van der Waals surface area contributed by atoms with Crippen molar-refractivity contribution in [3.8, 4) is 6.07 Å². The van der Waals surface area contributed by atoms with Crippen LogP contribution in [0.1, 0.15) is 43.4 Å². The van der Waals surface area contributed by atoms with Crippen LogP contribution in [-0.2, 0) is 25.3 Å². The Labute approximate surface area is 241 Å². The third-order valence-corrected chi connectivity index (χ3v) is 7.10. The Kier molecular flexibility index (Phi) is 8.81. The van der Waals surface area contributed by atoms with Gasteiger partial charge in [-0.15, -0.1) is 0 Å². The number of nitriles is 1. The lowest BCUT2D eigenvalue weighted by atomic mass is 9.75. The fraction of sp³-hybridized carbons (Fsp3) is 0.250. The number of benzene rings is 3. The summed E-state index contributed by atoms with van der Waals surface area (Å²) in [6, 6.07) is 20.9. The summed E-state index contributed by atoms with van der Waals surface area (Å²) >= 11 is 0. The van der Waals surface area contributed by atoms with Crippen LogP contribution < -0.4 is 9.80 Å². The molecule has 3 aromatic rings. The Morgan fingerprint density at radius 3 is 2.24 bits per heavy atom. The molecule has 1 heterocycles. The second-order valence-electron chi connectivity index (χ2n) is 9.55. The number of rotatable bonds is 7. The topological polar surface area (TPSA) is 90.7 Å². The molecule has 1 aliphatic rings. The van der Waals surface area contributed by atoms with Gasteiger partial charge in [0.1, 0.15) is 5.92 Å². The van der Waals surface area contributed by atoms with Gasteiger partial charge < -0.3 is 9.64 Å². The Balaban J connectivity index is 2.00. The monoisotopic (exact) mass is 575 g/mol. The van der Waals surface area contributed by atoms with Gasteiger partial charge in [-0.2, -0.15) is 18.4 Å². The molecule has 0 N–H and O–H groups in total. The minimum absolute atomic E-state index is 0.0169. The summed E-state index contributed by atoms with van der Waals surface area (Å²) in [6.45, 7) is 4.92. The SMILES string of the molecule is CCOC(=O)C1=C(C)N(c2cccc(C(F)(F)F)c2)C(=O)C(C(=O)N(CC)c2ccccc2)C1c1ccc(C#N)cc1.